The molecular weight excluding hydrogens is 262 g/mol. The van der Waals surface area contributed by atoms with Gasteiger partial charge in [-0.05, 0) is 43.4 Å². The third-order valence-electron chi connectivity index (χ3n) is 5.09. The van der Waals surface area contributed by atoms with E-state index < -0.39 is 0 Å². The van der Waals surface area contributed by atoms with Crippen LogP contribution in [0.2, 0.25) is 0 Å². The molecule has 1 aliphatic heterocycles. The van der Waals surface area contributed by atoms with Crippen LogP contribution in [0.5, 0.6) is 5.75 Å². The fourth-order valence-electron chi connectivity index (χ4n) is 3.72. The van der Waals surface area contributed by atoms with Gasteiger partial charge in [0.15, 0.2) is 0 Å². The van der Waals surface area contributed by atoms with Crippen molar-refractivity contribution in [1.29, 1.82) is 0 Å². The van der Waals surface area contributed by atoms with Crippen molar-refractivity contribution >= 4 is 0 Å². The van der Waals surface area contributed by atoms with Crippen molar-refractivity contribution in [2.75, 3.05) is 19.8 Å². The summed E-state index contributed by atoms with van der Waals surface area (Å²) in [6.45, 7) is 2.34. The van der Waals surface area contributed by atoms with Crippen LogP contribution in [-0.2, 0) is 10.2 Å². The van der Waals surface area contributed by atoms with E-state index in [9.17, 15) is 0 Å². The molecule has 1 heterocycles. The Balaban J connectivity index is 1.67. The van der Waals surface area contributed by atoms with Gasteiger partial charge in [-0.1, -0.05) is 31.4 Å². The first-order valence-corrected chi connectivity index (χ1v) is 8.37. The fourth-order valence-corrected chi connectivity index (χ4v) is 3.72. The maximum atomic E-state index is 6.11. The smallest absolute Gasteiger partial charge is 0.122 e. The van der Waals surface area contributed by atoms with Crippen molar-refractivity contribution in [1.82, 2.24) is 0 Å². The summed E-state index contributed by atoms with van der Waals surface area (Å²) in [5, 5.41) is 0. The summed E-state index contributed by atoms with van der Waals surface area (Å²) in [7, 11) is 0. The zero-order valence-corrected chi connectivity index (χ0v) is 12.9. The van der Waals surface area contributed by atoms with Gasteiger partial charge in [0.25, 0.3) is 0 Å². The molecule has 116 valence electrons. The van der Waals surface area contributed by atoms with Crippen LogP contribution in [0.1, 0.15) is 50.5 Å². The summed E-state index contributed by atoms with van der Waals surface area (Å²) >= 11 is 0. The third-order valence-corrected chi connectivity index (χ3v) is 5.09. The molecule has 1 unspecified atom stereocenters. The number of nitrogens with two attached hydrogens (primary N) is 1. The molecule has 21 heavy (non-hydrogen) atoms. The summed E-state index contributed by atoms with van der Waals surface area (Å²) in [5.74, 6) is 0.956. The summed E-state index contributed by atoms with van der Waals surface area (Å²) in [5.41, 5.74) is 7.70. The summed E-state index contributed by atoms with van der Waals surface area (Å²) in [6.07, 6.45) is 8.80. The van der Waals surface area contributed by atoms with E-state index in [1.165, 1.54) is 37.7 Å². The molecule has 0 radical (unpaired) electrons. The standard InChI is InChI=1S/C18H27NO2/c19-14-18(10-2-1-3-11-18)15-6-8-16(9-7-15)21-17-5-4-12-20-13-17/h6-9,17H,1-5,10-14,19H2. The van der Waals surface area contributed by atoms with Gasteiger partial charge in [-0.25, -0.2) is 0 Å². The summed E-state index contributed by atoms with van der Waals surface area (Å²) < 4.78 is 11.5. The first-order valence-electron chi connectivity index (χ1n) is 8.37. The van der Waals surface area contributed by atoms with Gasteiger partial charge in [-0.15, -0.1) is 0 Å². The molecule has 2 aliphatic rings. The average molecular weight is 289 g/mol. The van der Waals surface area contributed by atoms with Gasteiger partial charge < -0.3 is 15.2 Å². The molecule has 0 amide bonds. The van der Waals surface area contributed by atoms with E-state index in [4.69, 9.17) is 15.2 Å². The predicted octanol–water partition coefficient (Wildman–Crippen LogP) is 3.41. The first kappa shape index (κ1) is 14.9. The Morgan fingerprint density at radius 2 is 1.86 bits per heavy atom. The van der Waals surface area contributed by atoms with Gasteiger partial charge in [0.2, 0.25) is 0 Å². The largest absolute Gasteiger partial charge is 0.488 e. The van der Waals surface area contributed by atoms with Gasteiger partial charge in [0, 0.05) is 18.6 Å². The van der Waals surface area contributed by atoms with E-state index in [-0.39, 0.29) is 11.5 Å². The number of benzene rings is 1. The quantitative estimate of drug-likeness (QED) is 0.924. The fraction of sp³-hybridized carbons (Fsp3) is 0.667. The van der Waals surface area contributed by atoms with Crippen LogP contribution in [0, 0.1) is 0 Å². The average Bonchev–Trinajstić information content (AvgIpc) is 2.57. The monoisotopic (exact) mass is 289 g/mol. The van der Waals surface area contributed by atoms with Crippen molar-refractivity contribution in [2.24, 2.45) is 5.73 Å². The lowest BCUT2D eigenvalue weighted by atomic mass is 9.69. The van der Waals surface area contributed by atoms with Crippen LogP contribution in [0.4, 0.5) is 0 Å². The molecule has 1 aliphatic carbocycles. The molecular formula is C18H27NO2. The van der Waals surface area contributed by atoms with Gasteiger partial charge >= 0.3 is 0 Å². The van der Waals surface area contributed by atoms with Gasteiger partial charge in [-0.2, -0.15) is 0 Å². The van der Waals surface area contributed by atoms with E-state index >= 15 is 0 Å². The molecule has 2 N–H and O–H groups in total. The molecule has 0 bridgehead atoms. The van der Waals surface area contributed by atoms with Crippen LogP contribution >= 0.6 is 0 Å². The van der Waals surface area contributed by atoms with Gasteiger partial charge in [-0.3, -0.25) is 0 Å². The topological polar surface area (TPSA) is 44.5 Å². The highest BCUT2D eigenvalue weighted by molar-refractivity contribution is 5.33. The first-order chi connectivity index (χ1) is 10.3. The Bertz CT molecular complexity index is 431. The summed E-state index contributed by atoms with van der Waals surface area (Å²) in [4.78, 5) is 0. The molecule has 0 aromatic heterocycles. The van der Waals surface area contributed by atoms with Crippen molar-refractivity contribution in [3.8, 4) is 5.75 Å². The maximum absolute atomic E-state index is 6.11. The van der Waals surface area contributed by atoms with E-state index in [0.717, 1.165) is 31.7 Å². The van der Waals surface area contributed by atoms with E-state index in [1.807, 2.05) is 0 Å². The molecule has 0 spiro atoms. The Hall–Kier alpha value is -1.06. The van der Waals surface area contributed by atoms with Crippen LogP contribution in [0.15, 0.2) is 24.3 Å². The second kappa shape index (κ2) is 6.80. The van der Waals surface area contributed by atoms with Crippen molar-refractivity contribution < 1.29 is 9.47 Å². The lowest BCUT2D eigenvalue weighted by molar-refractivity contribution is 0.00741. The number of hydrogen-bond donors (Lipinski definition) is 1. The minimum absolute atomic E-state index is 0.199. The van der Waals surface area contributed by atoms with Gasteiger partial charge in [0.1, 0.15) is 11.9 Å². The van der Waals surface area contributed by atoms with Crippen LogP contribution in [0.25, 0.3) is 0 Å². The van der Waals surface area contributed by atoms with Crippen LogP contribution < -0.4 is 10.5 Å². The second-order valence-corrected chi connectivity index (χ2v) is 6.53. The van der Waals surface area contributed by atoms with E-state index in [2.05, 4.69) is 24.3 Å². The SMILES string of the molecule is NCC1(c2ccc(OC3CCCOC3)cc2)CCCCC1. The number of hydrogen-bond acceptors (Lipinski definition) is 3. The van der Waals surface area contributed by atoms with Crippen molar-refractivity contribution in [3.63, 3.8) is 0 Å². The number of ether oxygens (including phenoxy) is 2. The van der Waals surface area contributed by atoms with Gasteiger partial charge in [0.05, 0.1) is 6.61 Å². The maximum Gasteiger partial charge on any atom is 0.122 e. The minimum Gasteiger partial charge on any atom is -0.488 e. The molecule has 2 fully saturated rings. The van der Waals surface area contributed by atoms with Crippen LogP contribution in [0.3, 0.4) is 0 Å². The van der Waals surface area contributed by atoms with Crippen LogP contribution in [-0.4, -0.2) is 25.9 Å². The predicted molar refractivity (Wildman–Crippen MR) is 84.7 cm³/mol. The van der Waals surface area contributed by atoms with Crippen molar-refractivity contribution in [3.05, 3.63) is 29.8 Å². The Kier molecular flexibility index (Phi) is 4.81. The molecule has 1 atom stereocenters. The Labute approximate surface area is 127 Å². The molecule has 1 aromatic carbocycles. The molecule has 1 aromatic rings. The second-order valence-electron chi connectivity index (χ2n) is 6.53. The highest BCUT2D eigenvalue weighted by atomic mass is 16.5. The zero-order valence-electron chi connectivity index (χ0n) is 12.9. The Morgan fingerprint density at radius 3 is 2.48 bits per heavy atom. The van der Waals surface area contributed by atoms with E-state index in [0.29, 0.717) is 6.61 Å². The highest BCUT2D eigenvalue weighted by Crippen LogP contribution is 2.39. The molecule has 3 heteroatoms. The summed E-state index contributed by atoms with van der Waals surface area (Å²) in [6, 6.07) is 8.65. The normalized spacial score (nSPS) is 25.5. The molecule has 1 saturated carbocycles. The molecule has 3 rings (SSSR count). The lowest BCUT2D eigenvalue weighted by Gasteiger charge is -2.37. The Morgan fingerprint density at radius 1 is 1.10 bits per heavy atom. The lowest BCUT2D eigenvalue weighted by Crippen LogP contribution is -2.37. The molecule has 1 saturated heterocycles. The van der Waals surface area contributed by atoms with E-state index in [1.54, 1.807) is 0 Å². The highest BCUT2D eigenvalue weighted by Gasteiger charge is 2.32. The third kappa shape index (κ3) is 3.41. The zero-order chi connectivity index (χ0) is 14.5. The van der Waals surface area contributed by atoms with Crippen molar-refractivity contribution in [2.45, 2.75) is 56.5 Å². The molecule has 3 nitrogen and oxygen atoms in total. The minimum atomic E-state index is 0.199. The number of rotatable bonds is 4.